The fraction of sp³-hybridized carbons (Fsp3) is 0.938. The molecule has 0 fully saturated rings. The van der Waals surface area contributed by atoms with E-state index >= 15 is 0 Å². The average molecular weight is 377 g/mol. The van der Waals surface area contributed by atoms with Gasteiger partial charge in [-0.15, -0.1) is 0 Å². The van der Waals surface area contributed by atoms with Gasteiger partial charge in [-0.05, 0) is 0 Å². The zero-order chi connectivity index (χ0) is 14.7. The summed E-state index contributed by atoms with van der Waals surface area (Å²) in [6, 6.07) is 0. The quantitative estimate of drug-likeness (QED) is 0.434. The summed E-state index contributed by atoms with van der Waals surface area (Å²) in [4.78, 5) is 11.6. The van der Waals surface area contributed by atoms with Gasteiger partial charge in [0.15, 0.2) is 0 Å². The third kappa shape index (κ3) is 7.01. The molecule has 0 amide bonds. The molecule has 0 rings (SSSR count). The van der Waals surface area contributed by atoms with Crippen molar-refractivity contribution in [1.82, 2.24) is 0 Å². The molecule has 1 unspecified atom stereocenters. The Balaban J connectivity index is 5.09. The second-order valence-corrected chi connectivity index (χ2v) is 17.6. The van der Waals surface area contributed by atoms with E-state index in [1.54, 1.807) is 6.92 Å². The van der Waals surface area contributed by atoms with Crippen LogP contribution < -0.4 is 0 Å². The predicted molar refractivity (Wildman–Crippen MR) is 85.9 cm³/mol. The average Bonchev–Trinajstić information content (AvgIpc) is 2.38. The van der Waals surface area contributed by atoms with Crippen LogP contribution in [-0.2, 0) is 7.87 Å². The maximum absolute atomic E-state index is 11.6. The molecule has 19 heavy (non-hydrogen) atoms. The summed E-state index contributed by atoms with van der Waals surface area (Å²) in [5.74, 6) is -0.0161. The van der Waals surface area contributed by atoms with Gasteiger partial charge in [-0.2, -0.15) is 0 Å². The number of carbonyl (C=O) groups excluding carboxylic acids is 1. The normalized spacial score (nSPS) is 13.3. The minimum atomic E-state index is -2.77. The van der Waals surface area contributed by atoms with Gasteiger partial charge in [0.1, 0.15) is 0 Å². The molecule has 0 saturated heterocycles. The Labute approximate surface area is 125 Å². The summed E-state index contributed by atoms with van der Waals surface area (Å²) in [5.41, 5.74) is 0. The van der Waals surface area contributed by atoms with E-state index < -0.39 is 18.8 Å². The van der Waals surface area contributed by atoms with Crippen LogP contribution in [0, 0.1) is 0 Å². The molecule has 3 heteroatoms. The first-order chi connectivity index (χ1) is 9.06. The SMILES string of the molecule is CCC[CH2][Sn]([CH2]CCC)([O]C(C)=O)[CH](CC)CCC. The molecule has 0 aliphatic rings. The van der Waals surface area contributed by atoms with Gasteiger partial charge >= 0.3 is 125 Å². The molecule has 0 radical (unpaired) electrons. The molecule has 1 atom stereocenters. The van der Waals surface area contributed by atoms with Crippen molar-refractivity contribution < 1.29 is 7.87 Å². The van der Waals surface area contributed by atoms with Crippen molar-refractivity contribution in [1.29, 1.82) is 0 Å². The molecule has 0 N–H and O–H groups in total. The maximum atomic E-state index is 11.6. The summed E-state index contributed by atoms with van der Waals surface area (Å²) in [5, 5.41) is 0. The summed E-state index contributed by atoms with van der Waals surface area (Å²) < 4.78 is 9.32. The van der Waals surface area contributed by atoms with Crippen molar-refractivity contribution in [2.75, 3.05) is 0 Å². The van der Waals surface area contributed by atoms with E-state index in [1.807, 2.05) is 0 Å². The van der Waals surface area contributed by atoms with Crippen molar-refractivity contribution >= 4 is 24.8 Å². The van der Waals surface area contributed by atoms with Crippen LogP contribution in [-0.4, -0.2) is 24.8 Å². The Kier molecular flexibility index (Phi) is 11.1. The molecule has 0 bridgehead atoms. The molecule has 0 aliphatic carbocycles. The first-order valence-electron chi connectivity index (χ1n) is 8.25. The van der Waals surface area contributed by atoms with Crippen LogP contribution >= 0.6 is 0 Å². The zero-order valence-electron chi connectivity index (χ0n) is 13.8. The van der Waals surface area contributed by atoms with Crippen LogP contribution in [0.15, 0.2) is 0 Å². The molecule has 0 aromatic carbocycles. The van der Waals surface area contributed by atoms with E-state index in [9.17, 15) is 4.79 Å². The van der Waals surface area contributed by atoms with Crippen LogP contribution in [0.25, 0.3) is 0 Å². The van der Waals surface area contributed by atoms with Gasteiger partial charge < -0.3 is 0 Å². The molecule has 0 aliphatic heterocycles. The second kappa shape index (κ2) is 11.0. The third-order valence-corrected chi connectivity index (χ3v) is 19.2. The number of hydrogen-bond acceptors (Lipinski definition) is 2. The molecule has 0 saturated carbocycles. The number of carbonyl (C=O) groups is 1. The first-order valence-corrected chi connectivity index (χ1v) is 15.1. The fourth-order valence-corrected chi connectivity index (χ4v) is 18.8. The molecule has 114 valence electrons. The number of hydrogen-bond donors (Lipinski definition) is 0. The molecule has 0 aromatic heterocycles. The first kappa shape index (κ1) is 19.3. The van der Waals surface area contributed by atoms with Crippen molar-refractivity contribution in [3.05, 3.63) is 0 Å². The Morgan fingerprint density at radius 3 is 1.84 bits per heavy atom. The number of unbranched alkanes of at least 4 members (excludes halogenated alkanes) is 2. The molecule has 0 spiro atoms. The fourth-order valence-electron chi connectivity index (χ4n) is 3.14. The standard InChI is InChI=1S/C6H13.2C4H9.C2H4O2.Sn/c1-3-5-6-4-2;2*1-3-4-2;1-2(3)4;/h5H,3-4,6H2,1-2H3;2*1,3-4H2,2H3;1H3,(H,3,4);/q;;;;+1/p-1. The number of rotatable bonds is 11. The van der Waals surface area contributed by atoms with Gasteiger partial charge in [0, 0.05) is 0 Å². The monoisotopic (exact) mass is 378 g/mol. The minimum absolute atomic E-state index is 0.0161. The van der Waals surface area contributed by atoms with E-state index in [0.29, 0.717) is 0 Å². The van der Waals surface area contributed by atoms with Gasteiger partial charge in [0.2, 0.25) is 0 Å². The molecular weight excluding hydrogens is 343 g/mol. The van der Waals surface area contributed by atoms with Gasteiger partial charge in [0.25, 0.3) is 0 Å². The van der Waals surface area contributed by atoms with Crippen molar-refractivity contribution in [2.24, 2.45) is 0 Å². The zero-order valence-corrected chi connectivity index (χ0v) is 16.6. The predicted octanol–water partition coefficient (Wildman–Crippen LogP) is 5.68. The van der Waals surface area contributed by atoms with Crippen LogP contribution in [0.3, 0.4) is 0 Å². The topological polar surface area (TPSA) is 26.3 Å². The Morgan fingerprint density at radius 2 is 1.53 bits per heavy atom. The second-order valence-electron chi connectivity index (χ2n) is 5.76. The Bertz CT molecular complexity index is 233. The Morgan fingerprint density at radius 1 is 1.00 bits per heavy atom. The van der Waals surface area contributed by atoms with Crippen LogP contribution in [0.1, 0.15) is 79.6 Å². The third-order valence-electron chi connectivity index (χ3n) is 4.13. The summed E-state index contributed by atoms with van der Waals surface area (Å²) >= 11 is -2.77. The van der Waals surface area contributed by atoms with Gasteiger partial charge in [-0.1, -0.05) is 0 Å². The summed E-state index contributed by atoms with van der Waals surface area (Å²) in [6.45, 7) is 10.6. The van der Waals surface area contributed by atoms with Crippen LogP contribution in [0.4, 0.5) is 0 Å². The van der Waals surface area contributed by atoms with Crippen molar-refractivity contribution in [3.63, 3.8) is 0 Å². The van der Waals surface area contributed by atoms with E-state index in [4.69, 9.17) is 3.07 Å². The van der Waals surface area contributed by atoms with Gasteiger partial charge in [0.05, 0.1) is 0 Å². The molecular formula is C16H34O2Sn. The van der Waals surface area contributed by atoms with Crippen LogP contribution in [0.2, 0.25) is 12.8 Å². The Hall–Kier alpha value is 0.269. The van der Waals surface area contributed by atoms with Crippen molar-refractivity contribution in [3.8, 4) is 0 Å². The van der Waals surface area contributed by atoms with E-state index in [0.717, 1.165) is 3.93 Å². The summed E-state index contributed by atoms with van der Waals surface area (Å²) in [7, 11) is 0. The van der Waals surface area contributed by atoms with Gasteiger partial charge in [-0.3, -0.25) is 0 Å². The van der Waals surface area contributed by atoms with E-state index in [-0.39, 0.29) is 5.97 Å². The van der Waals surface area contributed by atoms with E-state index in [2.05, 4.69) is 27.7 Å². The molecule has 0 heterocycles. The van der Waals surface area contributed by atoms with Gasteiger partial charge in [-0.25, -0.2) is 0 Å². The molecule has 2 nitrogen and oxygen atoms in total. The van der Waals surface area contributed by atoms with Crippen molar-refractivity contribution in [2.45, 2.75) is 92.4 Å². The summed E-state index contributed by atoms with van der Waals surface area (Å²) in [6.07, 6.45) is 8.60. The van der Waals surface area contributed by atoms with Crippen LogP contribution in [0.5, 0.6) is 0 Å². The van der Waals surface area contributed by atoms with E-state index in [1.165, 1.54) is 53.8 Å². The molecule has 0 aromatic rings.